The molecule has 0 bridgehead atoms. The summed E-state index contributed by atoms with van der Waals surface area (Å²) in [5.41, 5.74) is -3.72. The molecule has 0 spiro atoms. The van der Waals surface area contributed by atoms with Crippen LogP contribution in [0.1, 0.15) is 79.1 Å². The van der Waals surface area contributed by atoms with Crippen molar-refractivity contribution in [1.29, 1.82) is 0 Å². The van der Waals surface area contributed by atoms with E-state index in [2.05, 4.69) is 65.6 Å². The Morgan fingerprint density at radius 1 is 0.864 bits per heavy atom. The van der Waals surface area contributed by atoms with Gasteiger partial charge in [-0.1, -0.05) is 66.2 Å². The first kappa shape index (κ1) is 31.4. The molecule has 0 saturated heterocycles. The van der Waals surface area contributed by atoms with Crippen molar-refractivity contribution >= 4 is 29.7 Å². The zero-order valence-electron chi connectivity index (χ0n) is 14.7. The van der Waals surface area contributed by atoms with E-state index in [4.69, 9.17) is 0 Å². The van der Waals surface area contributed by atoms with E-state index in [0.717, 1.165) is 24.7 Å². The molecule has 6 heteroatoms. The minimum absolute atomic E-state index is 0. The zero-order valence-corrected chi connectivity index (χ0v) is 19.2. The summed E-state index contributed by atoms with van der Waals surface area (Å²) < 4.78 is 0. The largest absolute Gasteiger partial charge is 3.00 e. The van der Waals surface area contributed by atoms with Gasteiger partial charge in [0.2, 0.25) is 0 Å². The van der Waals surface area contributed by atoms with Gasteiger partial charge in [-0.05, 0) is 11.8 Å². The molecule has 0 aromatic rings. The molecule has 0 N–H and O–H groups in total. The zero-order chi connectivity index (χ0) is 17.3. The van der Waals surface area contributed by atoms with Gasteiger partial charge in [-0.15, -0.1) is 0 Å². The summed E-state index contributed by atoms with van der Waals surface area (Å²) in [6, 6.07) is 0. The molecule has 2 nitrogen and oxygen atoms in total. The van der Waals surface area contributed by atoms with Crippen LogP contribution < -0.4 is 9.79 Å². The molecule has 0 fully saturated rings. The summed E-state index contributed by atoms with van der Waals surface area (Å²) in [7, 11) is 0. The van der Waals surface area contributed by atoms with Crippen molar-refractivity contribution in [3.8, 4) is 0 Å². The summed E-state index contributed by atoms with van der Waals surface area (Å²) >= 11 is 7.28. The van der Waals surface area contributed by atoms with Crippen LogP contribution in [-0.4, -0.2) is 0 Å². The van der Waals surface area contributed by atoms with E-state index in [-0.39, 0.29) is 21.1 Å². The second-order valence-corrected chi connectivity index (χ2v) is 10.4. The van der Waals surface area contributed by atoms with E-state index < -0.39 is 5.69 Å². The van der Waals surface area contributed by atoms with E-state index in [1.165, 1.54) is 38.5 Å². The number of unbranched alkanes of at least 4 members (excludes halogenated alkanes) is 4. The first-order chi connectivity index (χ1) is 9.54. The molecular formula is C16H34MoO2PS2-2. The molecule has 135 valence electrons. The summed E-state index contributed by atoms with van der Waals surface area (Å²) in [5.74, 6) is 1.75. The minimum Gasteiger partial charge on any atom is -0.850 e. The van der Waals surface area contributed by atoms with Gasteiger partial charge >= 0.3 is 21.1 Å². The smallest absolute Gasteiger partial charge is 0.850 e. The van der Waals surface area contributed by atoms with Crippen LogP contribution in [0.5, 0.6) is 0 Å². The molecule has 0 atom stereocenters. The van der Waals surface area contributed by atoms with Crippen molar-refractivity contribution in [2.24, 2.45) is 11.8 Å². The fourth-order valence-corrected chi connectivity index (χ4v) is 1.46. The third kappa shape index (κ3) is 68.1. The molecule has 22 heavy (non-hydrogen) atoms. The predicted molar refractivity (Wildman–Crippen MR) is 99.0 cm³/mol. The van der Waals surface area contributed by atoms with Gasteiger partial charge in [0.1, 0.15) is 0 Å². The van der Waals surface area contributed by atoms with Crippen molar-refractivity contribution in [2.45, 2.75) is 79.1 Å². The minimum atomic E-state index is -3.72. The summed E-state index contributed by atoms with van der Waals surface area (Å²) in [5, 5.41) is 0. The molecule has 0 aliphatic carbocycles. The van der Waals surface area contributed by atoms with Crippen molar-refractivity contribution in [1.82, 2.24) is 0 Å². The number of hydrogen-bond acceptors (Lipinski definition) is 4. The summed E-state index contributed by atoms with van der Waals surface area (Å²) in [6.07, 6.45) is 10.3. The molecule has 0 rings (SSSR count). The van der Waals surface area contributed by atoms with E-state index >= 15 is 0 Å². The Morgan fingerprint density at radius 3 is 1.23 bits per heavy atom. The molecule has 0 saturated carbocycles. The van der Waals surface area contributed by atoms with Crippen LogP contribution in [0.3, 0.4) is 0 Å². The van der Waals surface area contributed by atoms with Crippen molar-refractivity contribution in [3.63, 3.8) is 0 Å². The third-order valence-electron chi connectivity index (χ3n) is 2.56. The van der Waals surface area contributed by atoms with Crippen LogP contribution in [0.15, 0.2) is 0 Å². The molecule has 0 aromatic carbocycles. The summed E-state index contributed by atoms with van der Waals surface area (Å²) in [6.45, 7) is 16.6. The van der Waals surface area contributed by atoms with Gasteiger partial charge in [0.25, 0.3) is 0 Å². The SMILES string of the molecule is [CH2-]CCCCC(C)C.[CH2-]CCCCC(C)C.[Mo+3].[O-]P([O-])(=S)[S-]. The molecule has 0 aliphatic heterocycles. The van der Waals surface area contributed by atoms with Gasteiger partial charge in [0.05, 0.1) is 0 Å². The second-order valence-electron chi connectivity index (χ2n) is 5.93. The Morgan fingerprint density at radius 2 is 1.09 bits per heavy atom. The van der Waals surface area contributed by atoms with Gasteiger partial charge in [-0.3, -0.25) is 0 Å². The van der Waals surface area contributed by atoms with Crippen LogP contribution >= 0.6 is 5.69 Å². The van der Waals surface area contributed by atoms with E-state index in [0.29, 0.717) is 0 Å². The average molecular weight is 449 g/mol. The number of rotatable bonds is 8. The molecule has 0 heterocycles. The summed E-state index contributed by atoms with van der Waals surface area (Å²) in [4.78, 5) is 18.6. The maximum atomic E-state index is 9.29. The molecule has 0 amide bonds. The fraction of sp³-hybridized carbons (Fsp3) is 0.875. The van der Waals surface area contributed by atoms with E-state index in [1.54, 1.807) is 0 Å². The molecule has 0 unspecified atom stereocenters. The van der Waals surface area contributed by atoms with Crippen molar-refractivity contribution in [3.05, 3.63) is 13.8 Å². The maximum absolute atomic E-state index is 9.29. The topological polar surface area (TPSA) is 46.1 Å². The van der Waals surface area contributed by atoms with Crippen LogP contribution in [0, 0.1) is 25.7 Å². The van der Waals surface area contributed by atoms with Crippen LogP contribution in [0.25, 0.3) is 0 Å². The van der Waals surface area contributed by atoms with E-state index in [9.17, 15) is 9.79 Å². The Bertz CT molecular complexity index is 212. The Hall–Kier alpha value is 1.61. The van der Waals surface area contributed by atoms with Gasteiger partial charge < -0.3 is 41.6 Å². The first-order valence-corrected chi connectivity index (χ1v) is 11.5. The first-order valence-electron chi connectivity index (χ1n) is 7.86. The molecule has 0 aromatic heterocycles. The van der Waals surface area contributed by atoms with Crippen LogP contribution in [0.2, 0.25) is 0 Å². The Labute approximate surface area is 164 Å². The maximum Gasteiger partial charge on any atom is 3.00 e. The van der Waals surface area contributed by atoms with Crippen LogP contribution in [-0.2, 0) is 45.1 Å². The van der Waals surface area contributed by atoms with Gasteiger partial charge in [-0.25, -0.2) is 0 Å². The van der Waals surface area contributed by atoms with Crippen LogP contribution in [0.4, 0.5) is 0 Å². The monoisotopic (exact) mass is 451 g/mol. The van der Waals surface area contributed by atoms with Gasteiger partial charge in [-0.2, -0.15) is 24.6 Å². The molecule has 0 aliphatic rings. The molecule has 1 radical (unpaired) electrons. The average Bonchev–Trinajstić information content (AvgIpc) is 2.27. The third-order valence-corrected chi connectivity index (χ3v) is 2.56. The standard InChI is InChI=1S/2C8H17.Mo.H3O2PS2/c2*1-4-5-6-7-8(2)3;;1-3(2,4)5/h2*8H,1,4-7H2,2-3H3;;(H3,1,2,4,5)/q2*-1;+3;/p-3. The van der Waals surface area contributed by atoms with Gasteiger partial charge in [0.15, 0.2) is 0 Å². The normalized spacial score (nSPS) is 10.3. The van der Waals surface area contributed by atoms with Crippen molar-refractivity contribution in [2.75, 3.05) is 0 Å². The fourth-order valence-electron chi connectivity index (χ4n) is 1.46. The number of hydrogen-bond donors (Lipinski definition) is 0. The second kappa shape index (κ2) is 22.6. The van der Waals surface area contributed by atoms with E-state index in [1.807, 2.05) is 0 Å². The Kier molecular flexibility index (Phi) is 32.3. The van der Waals surface area contributed by atoms with Crippen molar-refractivity contribution < 1.29 is 30.9 Å². The molecular weight excluding hydrogens is 415 g/mol. The quantitative estimate of drug-likeness (QED) is 0.179. The Balaban J connectivity index is -0.000000111. The van der Waals surface area contributed by atoms with Gasteiger partial charge in [0, 0.05) is 0 Å². The predicted octanol–water partition coefficient (Wildman–Crippen LogP) is 4.55.